The van der Waals surface area contributed by atoms with E-state index >= 15 is 0 Å². The first-order chi connectivity index (χ1) is 9.58. The maximum absolute atomic E-state index is 12.0. The first-order valence-electron chi connectivity index (χ1n) is 7.43. The van der Waals surface area contributed by atoms with E-state index in [4.69, 9.17) is 4.74 Å². The first-order valence-corrected chi connectivity index (χ1v) is 7.43. The van der Waals surface area contributed by atoms with Gasteiger partial charge in [0.05, 0.1) is 13.3 Å². The van der Waals surface area contributed by atoms with E-state index in [1.165, 1.54) is 18.4 Å². The molecule has 0 fully saturated rings. The largest absolute Gasteiger partial charge is 0.468 e. The molecule has 0 radical (unpaired) electrons. The second-order valence-electron chi connectivity index (χ2n) is 5.67. The molecule has 2 rings (SSSR count). The number of hydrogen-bond donors (Lipinski definition) is 1. The van der Waals surface area contributed by atoms with Crippen LogP contribution in [-0.4, -0.2) is 28.9 Å². The molecule has 1 heterocycles. The van der Waals surface area contributed by atoms with E-state index in [0.29, 0.717) is 0 Å². The Labute approximate surface area is 120 Å². The highest BCUT2D eigenvalue weighted by atomic mass is 16.5. The predicted molar refractivity (Wildman–Crippen MR) is 77.3 cm³/mol. The lowest BCUT2D eigenvalue weighted by atomic mass is 9.90. The highest BCUT2D eigenvalue weighted by Crippen LogP contribution is 2.30. The minimum absolute atomic E-state index is 0.171. The third kappa shape index (κ3) is 2.87. The molecule has 1 aliphatic rings. The fraction of sp³-hybridized carbons (Fsp3) is 0.733. The SMILES string of the molecule is CCC(C)C(NC1CCCc2c1cnn2C)C(=O)OC. The number of esters is 1. The van der Waals surface area contributed by atoms with Crippen molar-refractivity contribution < 1.29 is 9.53 Å². The summed E-state index contributed by atoms with van der Waals surface area (Å²) < 4.78 is 6.89. The molecule has 0 saturated heterocycles. The molecule has 3 unspecified atom stereocenters. The van der Waals surface area contributed by atoms with Gasteiger partial charge in [-0.15, -0.1) is 0 Å². The summed E-state index contributed by atoms with van der Waals surface area (Å²) >= 11 is 0. The summed E-state index contributed by atoms with van der Waals surface area (Å²) in [5, 5.41) is 7.85. The van der Waals surface area contributed by atoms with Crippen molar-refractivity contribution in [1.82, 2.24) is 15.1 Å². The van der Waals surface area contributed by atoms with Crippen molar-refractivity contribution in [3.05, 3.63) is 17.5 Å². The number of fused-ring (bicyclic) bond motifs is 1. The highest BCUT2D eigenvalue weighted by Gasteiger charge is 2.31. The minimum Gasteiger partial charge on any atom is -0.468 e. The Morgan fingerprint density at radius 1 is 1.65 bits per heavy atom. The summed E-state index contributed by atoms with van der Waals surface area (Å²) in [6.45, 7) is 4.18. The molecule has 0 aromatic carbocycles. The van der Waals surface area contributed by atoms with Crippen molar-refractivity contribution in [3.8, 4) is 0 Å². The van der Waals surface area contributed by atoms with Crippen LogP contribution in [-0.2, 0) is 23.0 Å². The van der Waals surface area contributed by atoms with Crippen molar-refractivity contribution in [2.45, 2.75) is 51.6 Å². The van der Waals surface area contributed by atoms with Crippen LogP contribution < -0.4 is 5.32 Å². The van der Waals surface area contributed by atoms with Crippen molar-refractivity contribution in [3.63, 3.8) is 0 Å². The summed E-state index contributed by atoms with van der Waals surface area (Å²) in [5.41, 5.74) is 2.51. The molecule has 1 N–H and O–H groups in total. The van der Waals surface area contributed by atoms with Crippen LogP contribution in [0.1, 0.15) is 50.4 Å². The average Bonchev–Trinajstić information content (AvgIpc) is 2.85. The number of carbonyl (C=O) groups is 1. The minimum atomic E-state index is -0.249. The summed E-state index contributed by atoms with van der Waals surface area (Å²) in [7, 11) is 3.43. The second kappa shape index (κ2) is 6.39. The summed E-state index contributed by atoms with van der Waals surface area (Å²) in [6, 6.07) is -0.0493. The van der Waals surface area contributed by atoms with Crippen LogP contribution in [0.25, 0.3) is 0 Å². The van der Waals surface area contributed by atoms with Crippen molar-refractivity contribution in [2.75, 3.05) is 7.11 Å². The van der Waals surface area contributed by atoms with Crippen LogP contribution in [0, 0.1) is 5.92 Å². The summed E-state index contributed by atoms with van der Waals surface area (Å²) in [6.07, 6.45) is 6.11. The molecule has 1 aliphatic carbocycles. The third-order valence-electron chi connectivity index (χ3n) is 4.42. The Kier molecular flexibility index (Phi) is 4.81. The molecule has 0 amide bonds. The Hall–Kier alpha value is -1.36. The lowest BCUT2D eigenvalue weighted by Gasteiger charge is -2.30. The number of nitrogens with zero attached hydrogens (tertiary/aromatic N) is 2. The molecule has 3 atom stereocenters. The zero-order valence-corrected chi connectivity index (χ0v) is 12.8. The Balaban J connectivity index is 2.17. The topological polar surface area (TPSA) is 56.2 Å². The van der Waals surface area contributed by atoms with E-state index in [-0.39, 0.29) is 24.0 Å². The van der Waals surface area contributed by atoms with E-state index in [9.17, 15) is 4.79 Å². The molecule has 5 heteroatoms. The van der Waals surface area contributed by atoms with Gasteiger partial charge in [-0.2, -0.15) is 5.10 Å². The smallest absolute Gasteiger partial charge is 0.323 e. The summed E-state index contributed by atoms with van der Waals surface area (Å²) in [4.78, 5) is 12.0. The normalized spacial score (nSPS) is 21.1. The number of ether oxygens (including phenoxy) is 1. The Morgan fingerprint density at radius 3 is 3.05 bits per heavy atom. The van der Waals surface area contributed by atoms with Crippen LogP contribution >= 0.6 is 0 Å². The van der Waals surface area contributed by atoms with Gasteiger partial charge in [-0.1, -0.05) is 20.3 Å². The number of carbonyl (C=O) groups excluding carboxylic acids is 1. The standard InChI is InChI=1S/C15H25N3O2/c1-5-10(2)14(15(19)20-4)17-12-7-6-8-13-11(12)9-16-18(13)3/h9-10,12,14,17H,5-8H2,1-4H3. The Bertz CT molecular complexity index is 470. The number of methoxy groups -OCH3 is 1. The molecule has 0 spiro atoms. The monoisotopic (exact) mass is 279 g/mol. The zero-order chi connectivity index (χ0) is 14.7. The molecule has 0 saturated carbocycles. The maximum Gasteiger partial charge on any atom is 0.323 e. The molecule has 20 heavy (non-hydrogen) atoms. The van der Waals surface area contributed by atoms with Gasteiger partial charge >= 0.3 is 5.97 Å². The van der Waals surface area contributed by atoms with E-state index in [1.807, 2.05) is 17.9 Å². The number of hydrogen-bond acceptors (Lipinski definition) is 4. The van der Waals surface area contributed by atoms with E-state index < -0.39 is 0 Å². The number of rotatable bonds is 5. The zero-order valence-electron chi connectivity index (χ0n) is 12.8. The van der Waals surface area contributed by atoms with Gasteiger partial charge in [0.25, 0.3) is 0 Å². The van der Waals surface area contributed by atoms with Crippen LogP contribution in [0.5, 0.6) is 0 Å². The van der Waals surface area contributed by atoms with Crippen molar-refractivity contribution in [1.29, 1.82) is 0 Å². The number of aryl methyl sites for hydroxylation is 1. The van der Waals surface area contributed by atoms with Gasteiger partial charge in [0.2, 0.25) is 0 Å². The average molecular weight is 279 g/mol. The molecule has 5 nitrogen and oxygen atoms in total. The Morgan fingerprint density at radius 2 is 2.40 bits per heavy atom. The molecule has 1 aromatic heterocycles. The van der Waals surface area contributed by atoms with E-state index in [0.717, 1.165) is 25.7 Å². The highest BCUT2D eigenvalue weighted by molar-refractivity contribution is 5.76. The van der Waals surface area contributed by atoms with Gasteiger partial charge in [0.1, 0.15) is 6.04 Å². The number of nitrogens with one attached hydrogen (secondary N) is 1. The van der Waals surface area contributed by atoms with Crippen LogP contribution in [0.2, 0.25) is 0 Å². The van der Waals surface area contributed by atoms with E-state index in [1.54, 1.807) is 0 Å². The van der Waals surface area contributed by atoms with Gasteiger partial charge < -0.3 is 4.74 Å². The maximum atomic E-state index is 12.0. The van der Waals surface area contributed by atoms with Crippen LogP contribution in [0.3, 0.4) is 0 Å². The fourth-order valence-electron chi connectivity index (χ4n) is 2.92. The molecular formula is C15H25N3O2. The predicted octanol–water partition coefficient (Wildman–Crippen LogP) is 1.97. The van der Waals surface area contributed by atoms with Crippen molar-refractivity contribution in [2.24, 2.45) is 13.0 Å². The van der Waals surface area contributed by atoms with Crippen LogP contribution in [0.15, 0.2) is 6.20 Å². The van der Waals surface area contributed by atoms with Gasteiger partial charge in [0.15, 0.2) is 0 Å². The molecular weight excluding hydrogens is 254 g/mol. The first kappa shape index (κ1) is 15.0. The summed E-state index contributed by atoms with van der Waals surface area (Å²) in [5.74, 6) is 0.0832. The van der Waals surface area contributed by atoms with Gasteiger partial charge in [-0.25, -0.2) is 0 Å². The third-order valence-corrected chi connectivity index (χ3v) is 4.42. The number of aromatic nitrogens is 2. The lowest BCUT2D eigenvalue weighted by Crippen LogP contribution is -2.45. The lowest BCUT2D eigenvalue weighted by molar-refractivity contribution is -0.144. The fourth-order valence-corrected chi connectivity index (χ4v) is 2.92. The quantitative estimate of drug-likeness (QED) is 0.837. The molecule has 1 aromatic rings. The molecule has 0 aliphatic heterocycles. The van der Waals surface area contributed by atoms with Gasteiger partial charge in [-0.3, -0.25) is 14.8 Å². The van der Waals surface area contributed by atoms with Gasteiger partial charge in [-0.05, 0) is 25.2 Å². The molecule has 0 bridgehead atoms. The van der Waals surface area contributed by atoms with E-state index in [2.05, 4.69) is 24.3 Å². The van der Waals surface area contributed by atoms with Crippen LogP contribution in [0.4, 0.5) is 0 Å². The molecule has 112 valence electrons. The second-order valence-corrected chi connectivity index (χ2v) is 5.67. The van der Waals surface area contributed by atoms with Gasteiger partial charge in [0, 0.05) is 24.3 Å². The van der Waals surface area contributed by atoms with Crippen molar-refractivity contribution >= 4 is 5.97 Å².